The number of likely N-dealkylation sites (tertiary alicyclic amines) is 1. The molecule has 3 aromatic rings. The van der Waals surface area contributed by atoms with Crippen molar-refractivity contribution in [1.29, 1.82) is 0 Å². The Bertz CT molecular complexity index is 1420. The van der Waals surface area contributed by atoms with E-state index in [0.717, 1.165) is 25.0 Å². The Kier molecular flexibility index (Phi) is 7.00. The number of hydrogen-bond donors (Lipinski definition) is 3. The van der Waals surface area contributed by atoms with Crippen LogP contribution in [0.4, 0.5) is 13.2 Å². The average molecular weight is 546 g/mol. The van der Waals surface area contributed by atoms with Crippen LogP contribution in [-0.2, 0) is 11.0 Å². The number of rotatable bonds is 7. The summed E-state index contributed by atoms with van der Waals surface area (Å²) < 4.78 is 46.7. The summed E-state index contributed by atoms with van der Waals surface area (Å²) in [6.07, 6.45) is -1.69. The molecule has 2 aromatic heterocycles. The van der Waals surface area contributed by atoms with E-state index in [1.54, 1.807) is 6.92 Å². The maximum atomic E-state index is 13.6. The van der Waals surface area contributed by atoms with Gasteiger partial charge in [-0.15, -0.1) is 0 Å². The number of aliphatic hydroxyl groups excluding tert-OH is 1. The molecule has 12 heteroatoms. The molecule has 2 aliphatic rings. The fourth-order valence-corrected chi connectivity index (χ4v) is 4.94. The van der Waals surface area contributed by atoms with Crippen molar-refractivity contribution in [3.05, 3.63) is 41.3 Å². The van der Waals surface area contributed by atoms with Crippen molar-refractivity contribution < 1.29 is 32.6 Å². The van der Waals surface area contributed by atoms with Gasteiger partial charge in [-0.25, -0.2) is 9.97 Å². The largest absolute Gasteiger partial charge is 0.493 e. The van der Waals surface area contributed by atoms with Gasteiger partial charge in [0, 0.05) is 30.4 Å². The standard InChI is InChI=1S/C27H30F3N5O4/c1-13-8-18(11-35(13)26(38)14(2)36)34-25(37)20-10-31-24-22(32-15(3)33-23(20)24)19-9-17(27(28,29)30)6-7-21(19)39-12-16-4-5-16/h6-7,9-10,13-14,16,18,31,36H,4-5,8,11-12H2,1-3H3,(H,34,37)/t13-,14-,18+/m0/s1. The van der Waals surface area contributed by atoms with Gasteiger partial charge in [-0.05, 0) is 64.2 Å². The molecule has 0 unspecified atom stereocenters. The van der Waals surface area contributed by atoms with E-state index >= 15 is 0 Å². The summed E-state index contributed by atoms with van der Waals surface area (Å²) in [4.78, 5) is 38.9. The highest BCUT2D eigenvalue weighted by Crippen LogP contribution is 2.40. The number of aromatic amines is 1. The Morgan fingerprint density at radius 3 is 2.69 bits per heavy atom. The van der Waals surface area contributed by atoms with E-state index < -0.39 is 29.7 Å². The number of aliphatic hydroxyl groups is 1. The van der Waals surface area contributed by atoms with Crippen LogP contribution in [0.5, 0.6) is 5.75 Å². The first-order valence-corrected chi connectivity index (χ1v) is 12.9. The van der Waals surface area contributed by atoms with Gasteiger partial charge in [0.25, 0.3) is 11.8 Å². The predicted molar refractivity (Wildman–Crippen MR) is 136 cm³/mol. The summed E-state index contributed by atoms with van der Waals surface area (Å²) in [5, 5.41) is 12.6. The van der Waals surface area contributed by atoms with Gasteiger partial charge in [-0.3, -0.25) is 9.59 Å². The van der Waals surface area contributed by atoms with Crippen LogP contribution >= 0.6 is 0 Å². The summed E-state index contributed by atoms with van der Waals surface area (Å²) in [5.74, 6) is 0.0963. The summed E-state index contributed by atoms with van der Waals surface area (Å²) >= 11 is 0. The zero-order chi connectivity index (χ0) is 28.1. The highest BCUT2D eigenvalue weighted by molar-refractivity contribution is 6.08. The minimum Gasteiger partial charge on any atom is -0.493 e. The van der Waals surface area contributed by atoms with Gasteiger partial charge in [-0.2, -0.15) is 13.2 Å². The molecule has 39 heavy (non-hydrogen) atoms. The van der Waals surface area contributed by atoms with Crippen LogP contribution in [0.3, 0.4) is 0 Å². The normalized spacial score (nSPS) is 20.3. The molecule has 3 heterocycles. The van der Waals surface area contributed by atoms with Crippen molar-refractivity contribution in [2.45, 2.75) is 64.4 Å². The van der Waals surface area contributed by atoms with E-state index in [4.69, 9.17) is 4.74 Å². The molecule has 3 N–H and O–H groups in total. The molecule has 0 radical (unpaired) electrons. The lowest BCUT2D eigenvalue weighted by Crippen LogP contribution is -2.42. The highest BCUT2D eigenvalue weighted by atomic mass is 19.4. The number of carbonyl (C=O) groups is 2. The van der Waals surface area contributed by atoms with Gasteiger partial charge in [-0.1, -0.05) is 0 Å². The molecular weight excluding hydrogens is 515 g/mol. The number of ether oxygens (including phenoxy) is 1. The van der Waals surface area contributed by atoms with E-state index in [1.165, 1.54) is 24.1 Å². The van der Waals surface area contributed by atoms with E-state index in [2.05, 4.69) is 20.3 Å². The highest BCUT2D eigenvalue weighted by Gasteiger charge is 2.36. The van der Waals surface area contributed by atoms with Gasteiger partial charge in [0.05, 0.1) is 23.3 Å². The number of aryl methyl sites for hydroxylation is 1. The van der Waals surface area contributed by atoms with Crippen LogP contribution in [0.15, 0.2) is 24.4 Å². The van der Waals surface area contributed by atoms with E-state index in [1.807, 2.05) is 6.92 Å². The van der Waals surface area contributed by atoms with Crippen molar-refractivity contribution in [2.24, 2.45) is 5.92 Å². The Labute approximate surface area is 222 Å². The second-order valence-electron chi connectivity index (χ2n) is 10.4. The SMILES string of the molecule is Cc1nc(-c2cc(C(F)(F)F)ccc2OCC2CC2)c2[nH]cc(C(=O)N[C@@H]3C[C@H](C)N(C(=O)[C@H](C)O)C3)c2n1. The molecule has 0 spiro atoms. The van der Waals surface area contributed by atoms with Crippen LogP contribution in [-0.4, -0.2) is 68.1 Å². The lowest BCUT2D eigenvalue weighted by Gasteiger charge is -2.22. The topological polar surface area (TPSA) is 120 Å². The van der Waals surface area contributed by atoms with Gasteiger partial charge < -0.3 is 25.0 Å². The Morgan fingerprint density at radius 1 is 1.28 bits per heavy atom. The van der Waals surface area contributed by atoms with Crippen molar-refractivity contribution in [3.8, 4) is 17.0 Å². The Morgan fingerprint density at radius 2 is 2.03 bits per heavy atom. The molecule has 2 fully saturated rings. The predicted octanol–water partition coefficient (Wildman–Crippen LogP) is 3.84. The molecule has 1 aliphatic carbocycles. The number of H-pyrrole nitrogens is 1. The average Bonchev–Trinajstić information content (AvgIpc) is 3.49. The van der Waals surface area contributed by atoms with Crippen molar-refractivity contribution in [1.82, 2.24) is 25.2 Å². The van der Waals surface area contributed by atoms with Crippen LogP contribution in [0.25, 0.3) is 22.3 Å². The molecule has 0 bridgehead atoms. The summed E-state index contributed by atoms with van der Waals surface area (Å²) in [6, 6.07) is 2.80. The number of aromatic nitrogens is 3. The van der Waals surface area contributed by atoms with Crippen LogP contribution in [0.2, 0.25) is 0 Å². The first kappa shape index (κ1) is 26.9. The number of amides is 2. The molecule has 5 rings (SSSR count). The quantitative estimate of drug-likeness (QED) is 0.415. The molecule has 3 atom stereocenters. The van der Waals surface area contributed by atoms with Gasteiger partial charge in [0.15, 0.2) is 0 Å². The van der Waals surface area contributed by atoms with E-state index in [0.29, 0.717) is 24.5 Å². The van der Waals surface area contributed by atoms with Gasteiger partial charge in [0.1, 0.15) is 28.9 Å². The number of benzene rings is 1. The van der Waals surface area contributed by atoms with Crippen molar-refractivity contribution >= 4 is 22.8 Å². The second-order valence-corrected chi connectivity index (χ2v) is 10.4. The smallest absolute Gasteiger partial charge is 0.416 e. The molecule has 1 aromatic carbocycles. The van der Waals surface area contributed by atoms with Crippen LogP contribution in [0.1, 0.15) is 54.9 Å². The van der Waals surface area contributed by atoms with E-state index in [9.17, 15) is 27.9 Å². The van der Waals surface area contributed by atoms with Crippen molar-refractivity contribution in [3.63, 3.8) is 0 Å². The number of hydrogen-bond acceptors (Lipinski definition) is 6. The maximum absolute atomic E-state index is 13.6. The summed E-state index contributed by atoms with van der Waals surface area (Å²) in [7, 11) is 0. The van der Waals surface area contributed by atoms with E-state index in [-0.39, 0.29) is 52.5 Å². The number of nitrogens with one attached hydrogen (secondary N) is 2. The molecule has 9 nitrogen and oxygen atoms in total. The van der Waals surface area contributed by atoms with Crippen molar-refractivity contribution in [2.75, 3.05) is 13.2 Å². The Balaban J connectivity index is 1.47. The molecule has 1 saturated carbocycles. The fourth-order valence-electron chi connectivity index (χ4n) is 4.94. The van der Waals surface area contributed by atoms with Crippen LogP contribution < -0.4 is 10.1 Å². The number of fused-ring (bicyclic) bond motifs is 1. The van der Waals surface area contributed by atoms with Gasteiger partial charge >= 0.3 is 6.18 Å². The minimum atomic E-state index is -4.56. The third-order valence-corrected chi connectivity index (χ3v) is 7.17. The maximum Gasteiger partial charge on any atom is 0.416 e. The monoisotopic (exact) mass is 545 g/mol. The number of halogens is 3. The van der Waals surface area contributed by atoms with Crippen LogP contribution in [0, 0.1) is 12.8 Å². The second kappa shape index (κ2) is 10.1. The Hall–Kier alpha value is -3.67. The first-order chi connectivity index (χ1) is 18.4. The first-order valence-electron chi connectivity index (χ1n) is 12.9. The zero-order valence-corrected chi connectivity index (χ0v) is 21.8. The third-order valence-electron chi connectivity index (χ3n) is 7.17. The van der Waals surface area contributed by atoms with Gasteiger partial charge in [0.2, 0.25) is 0 Å². The number of alkyl halides is 3. The lowest BCUT2D eigenvalue weighted by molar-refractivity contribution is -0.140. The zero-order valence-electron chi connectivity index (χ0n) is 21.8. The number of carbonyl (C=O) groups excluding carboxylic acids is 2. The lowest BCUT2D eigenvalue weighted by atomic mass is 10.0. The summed E-state index contributed by atoms with van der Waals surface area (Å²) in [5.41, 5.74) is 0.313. The number of nitrogens with zero attached hydrogens (tertiary/aromatic N) is 3. The third kappa shape index (κ3) is 5.56. The minimum absolute atomic E-state index is 0.159. The molecule has 1 aliphatic heterocycles. The fraction of sp³-hybridized carbons (Fsp3) is 0.481. The molecule has 1 saturated heterocycles. The summed E-state index contributed by atoms with van der Waals surface area (Å²) in [6.45, 7) is 5.51. The molecule has 208 valence electrons. The molecule has 2 amide bonds. The molecular formula is C27H30F3N5O4.